The Morgan fingerprint density at radius 3 is 2.62 bits per heavy atom. The quantitative estimate of drug-likeness (QED) is 0.779. The van der Waals surface area contributed by atoms with Gasteiger partial charge in [-0.25, -0.2) is 4.68 Å². The Labute approximate surface area is 132 Å². The van der Waals surface area contributed by atoms with Gasteiger partial charge < -0.3 is 5.32 Å². The van der Waals surface area contributed by atoms with E-state index in [9.17, 15) is 0 Å². The first kappa shape index (κ1) is 16.1. The summed E-state index contributed by atoms with van der Waals surface area (Å²) < 4.78 is 2.05. The molecular formula is C17H24ClN3. The van der Waals surface area contributed by atoms with Crippen molar-refractivity contribution in [2.75, 3.05) is 6.54 Å². The predicted molar refractivity (Wildman–Crippen MR) is 89.3 cm³/mol. The third-order valence-corrected chi connectivity index (χ3v) is 3.86. The standard InChI is InChI=1S/C17H24ClN3/c1-4-10-19-12-15-16(5-2)20-21(17(15)6-3)14-9-7-8-13(18)11-14/h7-9,11,19H,4-6,10,12H2,1-3H3. The normalized spacial score (nSPS) is 11.0. The van der Waals surface area contributed by atoms with E-state index < -0.39 is 0 Å². The van der Waals surface area contributed by atoms with Crippen LogP contribution < -0.4 is 5.32 Å². The van der Waals surface area contributed by atoms with Crippen LogP contribution in [-0.4, -0.2) is 16.3 Å². The summed E-state index contributed by atoms with van der Waals surface area (Å²) in [7, 11) is 0. The maximum absolute atomic E-state index is 6.12. The van der Waals surface area contributed by atoms with Crippen LogP contribution in [0.15, 0.2) is 24.3 Å². The third kappa shape index (κ3) is 3.66. The highest BCUT2D eigenvalue weighted by Gasteiger charge is 2.16. The summed E-state index contributed by atoms with van der Waals surface area (Å²) in [6.45, 7) is 8.45. The van der Waals surface area contributed by atoms with Crippen molar-refractivity contribution in [3.63, 3.8) is 0 Å². The minimum Gasteiger partial charge on any atom is -0.313 e. The van der Waals surface area contributed by atoms with Crippen LogP contribution in [0, 0.1) is 0 Å². The maximum Gasteiger partial charge on any atom is 0.0674 e. The number of halogens is 1. The van der Waals surface area contributed by atoms with E-state index in [0.717, 1.165) is 43.1 Å². The van der Waals surface area contributed by atoms with Crippen molar-refractivity contribution in [2.24, 2.45) is 0 Å². The molecule has 0 aliphatic carbocycles. The molecule has 4 heteroatoms. The van der Waals surface area contributed by atoms with Crippen molar-refractivity contribution >= 4 is 11.6 Å². The van der Waals surface area contributed by atoms with E-state index in [0.29, 0.717) is 0 Å². The average Bonchev–Trinajstić information content (AvgIpc) is 2.85. The van der Waals surface area contributed by atoms with Gasteiger partial charge in [-0.2, -0.15) is 5.10 Å². The van der Waals surface area contributed by atoms with Crippen LogP contribution in [0.5, 0.6) is 0 Å². The van der Waals surface area contributed by atoms with E-state index in [-0.39, 0.29) is 0 Å². The maximum atomic E-state index is 6.12. The van der Waals surface area contributed by atoms with Crippen LogP contribution in [0.1, 0.15) is 44.1 Å². The zero-order valence-corrected chi connectivity index (χ0v) is 13.9. The fourth-order valence-electron chi connectivity index (χ4n) is 2.60. The van der Waals surface area contributed by atoms with Gasteiger partial charge in [0.2, 0.25) is 0 Å². The molecule has 0 atom stereocenters. The summed E-state index contributed by atoms with van der Waals surface area (Å²) >= 11 is 6.12. The van der Waals surface area contributed by atoms with Gasteiger partial charge in [0.25, 0.3) is 0 Å². The minimum absolute atomic E-state index is 0.744. The summed E-state index contributed by atoms with van der Waals surface area (Å²) in [6, 6.07) is 7.89. The highest BCUT2D eigenvalue weighted by Crippen LogP contribution is 2.22. The molecule has 1 heterocycles. The summed E-state index contributed by atoms with van der Waals surface area (Å²) in [6.07, 6.45) is 3.05. The molecule has 0 aliphatic heterocycles. The van der Waals surface area contributed by atoms with Gasteiger partial charge in [-0.3, -0.25) is 0 Å². The molecule has 0 saturated heterocycles. The number of nitrogens with one attached hydrogen (secondary N) is 1. The monoisotopic (exact) mass is 305 g/mol. The lowest BCUT2D eigenvalue weighted by molar-refractivity contribution is 0.666. The zero-order valence-electron chi connectivity index (χ0n) is 13.1. The molecule has 0 fully saturated rings. The van der Waals surface area contributed by atoms with Crippen LogP contribution >= 0.6 is 11.6 Å². The van der Waals surface area contributed by atoms with Crippen molar-refractivity contribution in [1.29, 1.82) is 0 Å². The summed E-state index contributed by atoms with van der Waals surface area (Å²) in [4.78, 5) is 0. The Morgan fingerprint density at radius 2 is 2.00 bits per heavy atom. The largest absolute Gasteiger partial charge is 0.313 e. The second kappa shape index (κ2) is 7.62. The van der Waals surface area contributed by atoms with Crippen LogP contribution in [0.4, 0.5) is 0 Å². The van der Waals surface area contributed by atoms with Gasteiger partial charge in [0.05, 0.1) is 11.4 Å². The first-order chi connectivity index (χ1) is 10.2. The molecule has 0 radical (unpaired) electrons. The number of hydrogen-bond donors (Lipinski definition) is 1. The molecule has 0 bridgehead atoms. The molecule has 0 aliphatic rings. The van der Waals surface area contributed by atoms with Gasteiger partial charge in [-0.15, -0.1) is 0 Å². The van der Waals surface area contributed by atoms with Crippen molar-refractivity contribution < 1.29 is 0 Å². The molecule has 0 amide bonds. The van der Waals surface area contributed by atoms with Crippen molar-refractivity contribution in [3.8, 4) is 5.69 Å². The zero-order chi connectivity index (χ0) is 15.2. The molecule has 1 aromatic heterocycles. The van der Waals surface area contributed by atoms with E-state index >= 15 is 0 Å². The van der Waals surface area contributed by atoms with Gasteiger partial charge in [-0.1, -0.05) is 38.4 Å². The molecule has 0 saturated carbocycles. The first-order valence-electron chi connectivity index (χ1n) is 7.77. The van der Waals surface area contributed by atoms with E-state index in [1.54, 1.807) is 0 Å². The van der Waals surface area contributed by atoms with E-state index in [4.69, 9.17) is 16.7 Å². The average molecular weight is 306 g/mol. The smallest absolute Gasteiger partial charge is 0.0674 e. The lowest BCUT2D eigenvalue weighted by Crippen LogP contribution is -2.16. The molecule has 0 spiro atoms. The van der Waals surface area contributed by atoms with Gasteiger partial charge >= 0.3 is 0 Å². The number of hydrogen-bond acceptors (Lipinski definition) is 2. The molecule has 114 valence electrons. The topological polar surface area (TPSA) is 29.9 Å². The highest BCUT2D eigenvalue weighted by molar-refractivity contribution is 6.30. The van der Waals surface area contributed by atoms with Crippen molar-refractivity contribution in [3.05, 3.63) is 46.2 Å². The fraction of sp³-hybridized carbons (Fsp3) is 0.471. The molecular weight excluding hydrogens is 282 g/mol. The summed E-state index contributed by atoms with van der Waals surface area (Å²) in [5.74, 6) is 0. The van der Waals surface area contributed by atoms with Crippen LogP contribution in [0.3, 0.4) is 0 Å². The molecule has 0 unspecified atom stereocenters. The molecule has 1 aromatic carbocycles. The Balaban J connectivity index is 2.42. The molecule has 2 rings (SSSR count). The Bertz CT molecular complexity index is 590. The van der Waals surface area contributed by atoms with Gasteiger partial charge in [0.1, 0.15) is 0 Å². The van der Waals surface area contributed by atoms with Gasteiger partial charge in [0.15, 0.2) is 0 Å². The summed E-state index contributed by atoms with van der Waals surface area (Å²) in [5.41, 5.74) is 4.83. The van der Waals surface area contributed by atoms with E-state index in [2.05, 4.69) is 32.2 Å². The Morgan fingerprint density at radius 1 is 1.19 bits per heavy atom. The molecule has 21 heavy (non-hydrogen) atoms. The number of nitrogens with zero attached hydrogens (tertiary/aromatic N) is 2. The lowest BCUT2D eigenvalue weighted by Gasteiger charge is -2.09. The highest BCUT2D eigenvalue weighted by atomic mass is 35.5. The van der Waals surface area contributed by atoms with Gasteiger partial charge in [-0.05, 0) is 44.0 Å². The molecule has 1 N–H and O–H groups in total. The first-order valence-corrected chi connectivity index (χ1v) is 8.15. The Hall–Kier alpha value is -1.32. The number of rotatable bonds is 7. The van der Waals surface area contributed by atoms with Crippen LogP contribution in [-0.2, 0) is 19.4 Å². The second-order valence-electron chi connectivity index (χ2n) is 5.15. The SMILES string of the molecule is CCCNCc1c(CC)nn(-c2cccc(Cl)c2)c1CC. The number of benzene rings is 1. The number of aryl methyl sites for hydroxylation is 1. The molecule has 3 nitrogen and oxygen atoms in total. The van der Waals surface area contributed by atoms with Crippen molar-refractivity contribution in [2.45, 2.75) is 46.6 Å². The number of aromatic nitrogens is 2. The summed E-state index contributed by atoms with van der Waals surface area (Å²) in [5, 5.41) is 9.05. The van der Waals surface area contributed by atoms with E-state index in [1.165, 1.54) is 17.0 Å². The van der Waals surface area contributed by atoms with Crippen LogP contribution in [0.25, 0.3) is 5.69 Å². The minimum atomic E-state index is 0.744. The van der Waals surface area contributed by atoms with Crippen molar-refractivity contribution in [1.82, 2.24) is 15.1 Å². The van der Waals surface area contributed by atoms with E-state index in [1.807, 2.05) is 22.9 Å². The lowest BCUT2D eigenvalue weighted by atomic mass is 10.1. The molecule has 2 aromatic rings. The van der Waals surface area contributed by atoms with Gasteiger partial charge in [0, 0.05) is 22.8 Å². The van der Waals surface area contributed by atoms with Crippen LogP contribution in [0.2, 0.25) is 5.02 Å². The second-order valence-corrected chi connectivity index (χ2v) is 5.58. The fourth-order valence-corrected chi connectivity index (χ4v) is 2.78. The third-order valence-electron chi connectivity index (χ3n) is 3.62. The predicted octanol–water partition coefficient (Wildman–Crippen LogP) is 4.15. The Kier molecular flexibility index (Phi) is 5.83.